The van der Waals surface area contributed by atoms with Crippen molar-refractivity contribution in [2.75, 3.05) is 5.32 Å². The van der Waals surface area contributed by atoms with Gasteiger partial charge in [-0.3, -0.25) is 4.79 Å². The number of aliphatic hydroxyl groups is 1. The summed E-state index contributed by atoms with van der Waals surface area (Å²) in [5.41, 5.74) is -3.67. The topological polar surface area (TPSA) is 90.9 Å². The van der Waals surface area contributed by atoms with Gasteiger partial charge in [0.15, 0.2) is 11.4 Å². The fraction of sp³-hybridized carbons (Fsp3) is 0.211. The van der Waals surface area contributed by atoms with E-state index in [4.69, 9.17) is 5.26 Å². The monoisotopic (exact) mass is 406 g/mol. The van der Waals surface area contributed by atoms with Gasteiger partial charge in [0.1, 0.15) is 5.52 Å². The number of amides is 1. The zero-order chi connectivity index (χ0) is 21.4. The largest absolute Gasteiger partial charge is 0.417 e. The molecule has 3 rings (SSSR count). The molecule has 0 saturated carbocycles. The second-order valence-electron chi connectivity index (χ2n) is 6.58. The number of hydrogen-bond donors (Lipinski definition) is 2. The average molecular weight is 406 g/mol. The zero-order valence-corrected chi connectivity index (χ0v) is 15.0. The van der Waals surface area contributed by atoms with Crippen LogP contribution in [0.3, 0.4) is 0 Å². The van der Waals surface area contributed by atoms with Crippen molar-refractivity contribution in [3.8, 4) is 6.07 Å². The fourth-order valence-electron chi connectivity index (χ4n) is 2.80. The van der Waals surface area contributed by atoms with Crippen LogP contribution in [0.25, 0.3) is 11.0 Å². The summed E-state index contributed by atoms with van der Waals surface area (Å²) in [5, 5.41) is 21.6. The Morgan fingerprint density at radius 3 is 2.69 bits per heavy atom. The maximum Gasteiger partial charge on any atom is 0.417 e. The number of nitriles is 1. The summed E-state index contributed by atoms with van der Waals surface area (Å²) in [6.07, 6.45) is -3.53. The third-order valence-electron chi connectivity index (χ3n) is 4.27. The van der Waals surface area contributed by atoms with Crippen molar-refractivity contribution in [2.45, 2.75) is 25.2 Å². The fourth-order valence-corrected chi connectivity index (χ4v) is 2.80. The molecule has 1 heterocycles. The summed E-state index contributed by atoms with van der Waals surface area (Å²) >= 11 is 0. The van der Waals surface area contributed by atoms with Crippen molar-refractivity contribution in [3.63, 3.8) is 0 Å². The predicted molar refractivity (Wildman–Crippen MR) is 95.1 cm³/mol. The highest BCUT2D eigenvalue weighted by Gasteiger charge is 2.35. The highest BCUT2D eigenvalue weighted by atomic mass is 19.4. The number of halogens is 4. The van der Waals surface area contributed by atoms with Gasteiger partial charge in [-0.25, -0.2) is 9.37 Å². The van der Waals surface area contributed by atoms with Gasteiger partial charge in [0, 0.05) is 5.69 Å². The number of hydrogen-bond acceptors (Lipinski definition) is 4. The first kappa shape index (κ1) is 20.3. The maximum absolute atomic E-state index is 13.7. The van der Waals surface area contributed by atoms with E-state index in [0.29, 0.717) is 11.6 Å². The first-order chi connectivity index (χ1) is 13.5. The highest BCUT2D eigenvalue weighted by molar-refractivity contribution is 5.97. The van der Waals surface area contributed by atoms with E-state index < -0.39 is 34.6 Å². The number of aromatic nitrogens is 2. The molecular formula is C19H14F4N4O2. The van der Waals surface area contributed by atoms with E-state index in [1.54, 1.807) is 6.07 Å². The molecule has 10 heteroatoms. The number of benzene rings is 2. The van der Waals surface area contributed by atoms with Crippen molar-refractivity contribution < 1.29 is 27.5 Å². The number of para-hydroxylation sites is 1. The lowest BCUT2D eigenvalue weighted by Gasteiger charge is -2.23. The summed E-state index contributed by atoms with van der Waals surface area (Å²) in [7, 11) is 0. The van der Waals surface area contributed by atoms with Crippen LogP contribution in [0, 0.1) is 17.1 Å². The van der Waals surface area contributed by atoms with E-state index in [2.05, 4.69) is 10.3 Å². The normalized spacial score (nSPS) is 13.7. The summed E-state index contributed by atoms with van der Waals surface area (Å²) in [5.74, 6) is -1.55. The Kier molecular flexibility index (Phi) is 5.02. The number of fused-ring (bicyclic) bond motifs is 1. The molecule has 0 unspecified atom stereocenters. The van der Waals surface area contributed by atoms with Crippen molar-refractivity contribution >= 4 is 22.6 Å². The van der Waals surface area contributed by atoms with Gasteiger partial charge in [0.2, 0.25) is 0 Å². The van der Waals surface area contributed by atoms with Gasteiger partial charge >= 0.3 is 6.18 Å². The minimum Gasteiger partial charge on any atom is -0.378 e. The molecule has 3 aromatic rings. The molecule has 0 aliphatic rings. The number of carbonyl (C=O) groups excluding carboxylic acids is 1. The summed E-state index contributed by atoms with van der Waals surface area (Å²) in [6, 6.07) is 8.33. The van der Waals surface area contributed by atoms with Crippen molar-refractivity contribution in [1.29, 1.82) is 5.26 Å². The van der Waals surface area contributed by atoms with Crippen LogP contribution in [0.1, 0.15) is 18.1 Å². The minimum absolute atomic E-state index is 0.0608. The lowest BCUT2D eigenvalue weighted by Crippen LogP contribution is -2.43. The Bertz CT molecular complexity index is 1130. The molecule has 0 spiro atoms. The molecule has 2 aromatic carbocycles. The van der Waals surface area contributed by atoms with Crippen LogP contribution < -0.4 is 5.32 Å². The van der Waals surface area contributed by atoms with Crippen molar-refractivity contribution in [2.24, 2.45) is 0 Å². The zero-order valence-electron chi connectivity index (χ0n) is 15.0. The molecule has 29 heavy (non-hydrogen) atoms. The molecule has 0 fully saturated rings. The van der Waals surface area contributed by atoms with E-state index >= 15 is 0 Å². The number of imidazole rings is 1. The first-order valence-corrected chi connectivity index (χ1v) is 8.27. The Morgan fingerprint density at radius 2 is 2.03 bits per heavy atom. The van der Waals surface area contributed by atoms with Crippen LogP contribution >= 0.6 is 0 Å². The van der Waals surface area contributed by atoms with Crippen LogP contribution in [0.5, 0.6) is 0 Å². The third kappa shape index (κ3) is 4.05. The van der Waals surface area contributed by atoms with Crippen LogP contribution in [0.2, 0.25) is 0 Å². The molecular weight excluding hydrogens is 392 g/mol. The SMILES string of the molecule is C[C@](O)(Cn1cnc2c(F)cccc21)C(=O)Nc1ccc(C#N)c(C(F)(F)F)c1. The van der Waals surface area contributed by atoms with E-state index in [1.165, 1.54) is 36.0 Å². The van der Waals surface area contributed by atoms with Gasteiger partial charge in [-0.2, -0.15) is 18.4 Å². The number of rotatable bonds is 4. The van der Waals surface area contributed by atoms with E-state index in [9.17, 15) is 27.5 Å². The van der Waals surface area contributed by atoms with E-state index in [1.807, 2.05) is 0 Å². The van der Waals surface area contributed by atoms with Gasteiger partial charge < -0.3 is 15.0 Å². The van der Waals surface area contributed by atoms with Crippen LogP contribution in [-0.2, 0) is 17.5 Å². The van der Waals surface area contributed by atoms with Gasteiger partial charge in [0.05, 0.1) is 35.6 Å². The van der Waals surface area contributed by atoms with Gasteiger partial charge in [-0.1, -0.05) is 6.07 Å². The Morgan fingerprint density at radius 1 is 1.31 bits per heavy atom. The molecule has 1 aromatic heterocycles. The molecule has 1 amide bonds. The quantitative estimate of drug-likeness (QED) is 0.650. The highest BCUT2D eigenvalue weighted by Crippen LogP contribution is 2.33. The molecule has 0 bridgehead atoms. The van der Waals surface area contributed by atoms with E-state index in [0.717, 1.165) is 12.1 Å². The van der Waals surface area contributed by atoms with E-state index in [-0.39, 0.29) is 17.7 Å². The molecule has 0 radical (unpaired) electrons. The molecule has 0 aliphatic heterocycles. The molecule has 150 valence electrons. The molecule has 1 atom stereocenters. The van der Waals surface area contributed by atoms with Gasteiger partial charge in [-0.15, -0.1) is 0 Å². The second-order valence-corrected chi connectivity index (χ2v) is 6.58. The number of anilines is 1. The summed E-state index contributed by atoms with van der Waals surface area (Å²) in [6.45, 7) is 0.850. The Hall–Kier alpha value is -3.45. The molecule has 0 aliphatic carbocycles. The van der Waals surface area contributed by atoms with Crippen molar-refractivity contribution in [3.05, 3.63) is 59.7 Å². The summed E-state index contributed by atoms with van der Waals surface area (Å²) in [4.78, 5) is 16.4. The lowest BCUT2D eigenvalue weighted by molar-refractivity contribution is -0.138. The number of carbonyl (C=O) groups is 1. The van der Waals surface area contributed by atoms with Crippen LogP contribution in [0.4, 0.5) is 23.2 Å². The minimum atomic E-state index is -4.78. The second kappa shape index (κ2) is 7.18. The van der Waals surface area contributed by atoms with Gasteiger partial charge in [-0.05, 0) is 37.3 Å². The predicted octanol–water partition coefficient (Wildman–Crippen LogP) is 3.46. The third-order valence-corrected chi connectivity index (χ3v) is 4.27. The standard InChI is InChI=1S/C19H14F4N4O2/c1-18(29,9-27-10-25-16-14(20)3-2-4-15(16)27)17(28)26-12-6-5-11(8-24)13(7-12)19(21,22)23/h2-7,10,29H,9H2,1H3,(H,26,28)/t18-/m0/s1. The first-order valence-electron chi connectivity index (χ1n) is 8.27. The Balaban J connectivity index is 1.84. The number of alkyl halides is 3. The number of nitrogens with zero attached hydrogens (tertiary/aromatic N) is 3. The molecule has 0 saturated heterocycles. The van der Waals surface area contributed by atoms with Crippen molar-refractivity contribution in [1.82, 2.24) is 9.55 Å². The van der Waals surface area contributed by atoms with Gasteiger partial charge in [0.25, 0.3) is 5.91 Å². The van der Waals surface area contributed by atoms with Crippen LogP contribution in [-0.4, -0.2) is 26.2 Å². The summed E-state index contributed by atoms with van der Waals surface area (Å²) < 4.78 is 54.3. The number of nitrogens with one attached hydrogen (secondary N) is 1. The lowest BCUT2D eigenvalue weighted by atomic mass is 10.0. The van der Waals surface area contributed by atoms with Crippen LogP contribution in [0.15, 0.2) is 42.7 Å². The average Bonchev–Trinajstić information content (AvgIpc) is 3.04. The maximum atomic E-state index is 13.7. The Labute approximate surface area is 162 Å². The smallest absolute Gasteiger partial charge is 0.378 e. The molecule has 6 nitrogen and oxygen atoms in total. The molecule has 2 N–H and O–H groups in total.